The van der Waals surface area contributed by atoms with E-state index in [0.717, 1.165) is 30.6 Å². The van der Waals surface area contributed by atoms with Crippen molar-refractivity contribution in [3.63, 3.8) is 0 Å². The summed E-state index contributed by atoms with van der Waals surface area (Å²) in [5, 5.41) is 11.8. The Morgan fingerprint density at radius 1 is 1.25 bits per heavy atom. The van der Waals surface area contributed by atoms with Crippen LogP contribution in [0.1, 0.15) is 37.1 Å². The van der Waals surface area contributed by atoms with Gasteiger partial charge in [0.2, 0.25) is 0 Å². The van der Waals surface area contributed by atoms with Gasteiger partial charge < -0.3 is 5.32 Å². The van der Waals surface area contributed by atoms with E-state index >= 15 is 0 Å². The average molecular weight is 220 g/mol. The molecule has 1 heterocycles. The van der Waals surface area contributed by atoms with Crippen molar-refractivity contribution >= 4 is 0 Å². The standard InChI is InChI=1S/C12H20N4/c1-13-7-11-12(6-9-2-3-9)16(15-14-11)8-10-4-5-10/h9-10,13H,2-8H2,1H3. The lowest BCUT2D eigenvalue weighted by Gasteiger charge is -2.06. The molecule has 1 N–H and O–H groups in total. The Bertz CT molecular complexity index is 363. The summed E-state index contributed by atoms with van der Waals surface area (Å²) in [4.78, 5) is 0. The first kappa shape index (κ1) is 10.3. The molecule has 0 amide bonds. The monoisotopic (exact) mass is 220 g/mol. The number of hydrogen-bond donors (Lipinski definition) is 1. The van der Waals surface area contributed by atoms with Gasteiger partial charge in [0.1, 0.15) is 0 Å². The van der Waals surface area contributed by atoms with E-state index in [1.165, 1.54) is 37.8 Å². The second-order valence-corrected chi connectivity index (χ2v) is 5.29. The highest BCUT2D eigenvalue weighted by atomic mass is 15.4. The van der Waals surface area contributed by atoms with Gasteiger partial charge in [-0.2, -0.15) is 0 Å². The van der Waals surface area contributed by atoms with Crippen LogP contribution in [0, 0.1) is 11.8 Å². The average Bonchev–Trinajstić information content (AvgIpc) is 3.14. The minimum Gasteiger partial charge on any atom is -0.314 e. The zero-order valence-electron chi connectivity index (χ0n) is 9.95. The molecule has 0 aliphatic heterocycles. The molecule has 2 saturated carbocycles. The van der Waals surface area contributed by atoms with Gasteiger partial charge in [-0.1, -0.05) is 5.21 Å². The van der Waals surface area contributed by atoms with Crippen LogP contribution < -0.4 is 5.32 Å². The van der Waals surface area contributed by atoms with Gasteiger partial charge in [-0.15, -0.1) is 5.10 Å². The molecular formula is C12H20N4. The van der Waals surface area contributed by atoms with Gasteiger partial charge in [0.25, 0.3) is 0 Å². The quantitative estimate of drug-likeness (QED) is 0.787. The predicted molar refractivity (Wildman–Crippen MR) is 61.9 cm³/mol. The van der Waals surface area contributed by atoms with Gasteiger partial charge in [0.05, 0.1) is 11.4 Å². The van der Waals surface area contributed by atoms with Crippen molar-refractivity contribution in [1.82, 2.24) is 20.3 Å². The summed E-state index contributed by atoms with van der Waals surface area (Å²) >= 11 is 0. The third kappa shape index (κ3) is 2.26. The highest BCUT2D eigenvalue weighted by Crippen LogP contribution is 2.35. The Morgan fingerprint density at radius 3 is 2.62 bits per heavy atom. The lowest BCUT2D eigenvalue weighted by atomic mass is 10.1. The summed E-state index contributed by atoms with van der Waals surface area (Å²) in [6, 6.07) is 0. The Labute approximate surface area is 96.4 Å². The zero-order chi connectivity index (χ0) is 11.0. The molecule has 16 heavy (non-hydrogen) atoms. The highest BCUT2D eigenvalue weighted by Gasteiger charge is 2.28. The third-order valence-corrected chi connectivity index (χ3v) is 3.57. The van der Waals surface area contributed by atoms with E-state index in [4.69, 9.17) is 0 Å². The molecule has 0 atom stereocenters. The first-order valence-corrected chi connectivity index (χ1v) is 6.42. The van der Waals surface area contributed by atoms with Crippen molar-refractivity contribution in [1.29, 1.82) is 0 Å². The SMILES string of the molecule is CNCc1nnn(CC2CC2)c1CC1CC1. The first-order valence-electron chi connectivity index (χ1n) is 6.42. The van der Waals surface area contributed by atoms with Crippen molar-refractivity contribution in [3.05, 3.63) is 11.4 Å². The zero-order valence-corrected chi connectivity index (χ0v) is 9.95. The van der Waals surface area contributed by atoms with Gasteiger partial charge in [0.15, 0.2) is 0 Å². The fourth-order valence-corrected chi connectivity index (χ4v) is 2.18. The Hall–Kier alpha value is -0.900. The van der Waals surface area contributed by atoms with E-state index in [1.54, 1.807) is 0 Å². The lowest BCUT2D eigenvalue weighted by molar-refractivity contribution is 0.517. The molecule has 1 aromatic rings. The molecule has 2 aliphatic rings. The summed E-state index contributed by atoms with van der Waals surface area (Å²) in [5.41, 5.74) is 2.55. The van der Waals surface area contributed by atoms with Gasteiger partial charge in [0, 0.05) is 13.1 Å². The van der Waals surface area contributed by atoms with E-state index < -0.39 is 0 Å². The molecular weight excluding hydrogens is 200 g/mol. The lowest BCUT2D eigenvalue weighted by Crippen LogP contribution is -2.12. The predicted octanol–water partition coefficient (Wildman–Crippen LogP) is 1.36. The molecule has 0 unspecified atom stereocenters. The maximum atomic E-state index is 4.32. The molecule has 1 aromatic heterocycles. The van der Waals surface area contributed by atoms with E-state index in [1.807, 2.05) is 7.05 Å². The van der Waals surface area contributed by atoms with Crippen LogP contribution in [0.5, 0.6) is 0 Å². The minimum absolute atomic E-state index is 0.854. The third-order valence-electron chi connectivity index (χ3n) is 3.57. The van der Waals surface area contributed by atoms with Crippen molar-refractivity contribution < 1.29 is 0 Å². The smallest absolute Gasteiger partial charge is 0.0996 e. The van der Waals surface area contributed by atoms with E-state index in [9.17, 15) is 0 Å². The minimum atomic E-state index is 0.854. The molecule has 0 radical (unpaired) electrons. The molecule has 4 nitrogen and oxygen atoms in total. The number of nitrogens with one attached hydrogen (secondary N) is 1. The molecule has 4 heteroatoms. The largest absolute Gasteiger partial charge is 0.314 e. The number of aromatic nitrogens is 3. The molecule has 0 saturated heterocycles. The summed E-state index contributed by atoms with van der Waals surface area (Å²) in [7, 11) is 1.97. The van der Waals surface area contributed by atoms with Crippen LogP contribution in [0.2, 0.25) is 0 Å². The summed E-state index contributed by atoms with van der Waals surface area (Å²) < 4.78 is 2.17. The van der Waals surface area contributed by atoms with E-state index in [-0.39, 0.29) is 0 Å². The van der Waals surface area contributed by atoms with Crippen LogP contribution in [0.15, 0.2) is 0 Å². The van der Waals surface area contributed by atoms with Crippen LogP contribution in [0.25, 0.3) is 0 Å². The maximum Gasteiger partial charge on any atom is 0.0996 e. The van der Waals surface area contributed by atoms with E-state index in [2.05, 4.69) is 20.3 Å². The van der Waals surface area contributed by atoms with Gasteiger partial charge in [-0.3, -0.25) is 0 Å². The summed E-state index contributed by atoms with van der Waals surface area (Å²) in [5.74, 6) is 1.79. The van der Waals surface area contributed by atoms with Crippen LogP contribution in [-0.4, -0.2) is 22.0 Å². The van der Waals surface area contributed by atoms with Gasteiger partial charge in [-0.05, 0) is 51.0 Å². The fraction of sp³-hybridized carbons (Fsp3) is 0.833. The molecule has 0 bridgehead atoms. The van der Waals surface area contributed by atoms with Crippen molar-refractivity contribution in [2.75, 3.05) is 7.05 Å². The van der Waals surface area contributed by atoms with Crippen LogP contribution in [0.3, 0.4) is 0 Å². The molecule has 2 aliphatic carbocycles. The second-order valence-electron chi connectivity index (χ2n) is 5.29. The number of rotatable bonds is 6. The maximum absolute atomic E-state index is 4.32. The normalized spacial score (nSPS) is 20.3. The molecule has 3 rings (SSSR count). The number of nitrogens with zero attached hydrogens (tertiary/aromatic N) is 3. The van der Waals surface area contributed by atoms with Crippen molar-refractivity contribution in [3.8, 4) is 0 Å². The molecule has 2 fully saturated rings. The van der Waals surface area contributed by atoms with Crippen LogP contribution >= 0.6 is 0 Å². The number of hydrogen-bond acceptors (Lipinski definition) is 3. The second kappa shape index (κ2) is 4.17. The van der Waals surface area contributed by atoms with E-state index in [0.29, 0.717) is 0 Å². The Morgan fingerprint density at radius 2 is 2.00 bits per heavy atom. The first-order chi connectivity index (χ1) is 7.86. The van der Waals surface area contributed by atoms with Gasteiger partial charge >= 0.3 is 0 Å². The summed E-state index contributed by atoms with van der Waals surface area (Å²) in [6.07, 6.45) is 6.74. The molecule has 0 aromatic carbocycles. The fourth-order valence-electron chi connectivity index (χ4n) is 2.18. The van der Waals surface area contributed by atoms with Crippen molar-refractivity contribution in [2.24, 2.45) is 11.8 Å². The Kier molecular flexibility index (Phi) is 2.67. The Balaban J connectivity index is 1.77. The molecule has 0 spiro atoms. The van der Waals surface area contributed by atoms with Gasteiger partial charge in [-0.25, -0.2) is 4.68 Å². The highest BCUT2D eigenvalue weighted by molar-refractivity contribution is 5.12. The van der Waals surface area contributed by atoms with Crippen LogP contribution in [-0.2, 0) is 19.5 Å². The van der Waals surface area contributed by atoms with Crippen LogP contribution in [0.4, 0.5) is 0 Å². The topological polar surface area (TPSA) is 42.7 Å². The summed E-state index contributed by atoms with van der Waals surface area (Å²) in [6.45, 7) is 1.95. The molecule has 88 valence electrons. The van der Waals surface area contributed by atoms with Crippen molar-refractivity contribution in [2.45, 2.75) is 45.2 Å².